The lowest BCUT2D eigenvalue weighted by Crippen LogP contribution is -2.33. The van der Waals surface area contributed by atoms with Crippen LogP contribution >= 0.6 is 92.8 Å². The normalized spacial score (nSPS) is 12.2. The number of Topliss-reactive ketones (excluding diaryl/α,β-unsaturated/α-hetero) is 2. The van der Waals surface area contributed by atoms with E-state index in [1.165, 1.54) is 74.5 Å². The van der Waals surface area contributed by atoms with Gasteiger partial charge in [0.1, 0.15) is 0 Å². The first-order valence-corrected chi connectivity index (χ1v) is 22.3. The summed E-state index contributed by atoms with van der Waals surface area (Å²) in [7, 11) is 0. The monoisotopic (exact) mass is 1050 g/mol. The van der Waals surface area contributed by atoms with Crippen molar-refractivity contribution in [1.29, 1.82) is 0 Å². The Kier molecular flexibility index (Phi) is 18.1. The number of anilines is 4. The highest BCUT2D eigenvalue weighted by molar-refractivity contribution is 6.45. The van der Waals surface area contributed by atoms with Gasteiger partial charge in [0.05, 0.1) is 52.9 Å². The smallest absolute Gasteiger partial charge is 0.258 e. The largest absolute Gasteiger partial charge is 0.323 e. The minimum Gasteiger partial charge on any atom is -0.323 e. The van der Waals surface area contributed by atoms with Crippen LogP contribution in [0.4, 0.5) is 34.1 Å². The van der Waals surface area contributed by atoms with Gasteiger partial charge in [0.15, 0.2) is 11.6 Å². The lowest BCUT2D eigenvalue weighted by molar-refractivity contribution is -0.127. The molecule has 0 aliphatic heterocycles. The minimum atomic E-state index is -1.61. The van der Waals surface area contributed by atoms with Crippen LogP contribution in [0.15, 0.2) is 93.3 Å². The number of halogens is 8. The van der Waals surface area contributed by atoms with Gasteiger partial charge in [0, 0.05) is 32.5 Å². The number of carbonyl (C=O) groups is 6. The van der Waals surface area contributed by atoms with Crippen molar-refractivity contribution in [3.8, 4) is 0 Å². The quantitative estimate of drug-likeness (QED) is 0.0430. The molecule has 5 aromatic carbocycles. The van der Waals surface area contributed by atoms with Gasteiger partial charge in [-0.05, 0) is 111 Å². The Morgan fingerprint density at radius 3 is 1.12 bits per heavy atom. The standard InChI is InChI=1S/C44H34Cl8N8O6/c1-5-21-11-36(54-44(66)40(20(4)62)60-58-28-10-24(8-26(46)14-28)42(64)56-38-18-32(50)30(48)16-34(38)52)22(6-2)12-35(21)53-43(65)39(19(3)61)59-57-27-9-23(7-25(45)13-27)41(63)55-37-17-31(49)29(47)15-33(37)51/h7-18,39-40H,5-6H2,1-4H3,(H,53,65)(H,54,66)(H,55,63)(H,56,64). The second kappa shape index (κ2) is 23.0. The molecule has 0 saturated heterocycles. The van der Waals surface area contributed by atoms with Gasteiger partial charge in [0.25, 0.3) is 23.6 Å². The number of aryl methyl sites for hydroxylation is 2. The SMILES string of the molecule is CCc1cc(NC(=O)C(N=Nc2cc(Cl)cc(C(=O)Nc3cc(Cl)c(Cl)cc3Cl)c2)C(C)=O)c(CC)cc1NC(=O)C(N=Nc1cc(Cl)cc(C(=O)Nc2cc(Cl)c(Cl)cc2Cl)c1)C(C)=O. The van der Waals surface area contributed by atoms with Crippen LogP contribution in [-0.2, 0) is 32.0 Å². The molecule has 0 aliphatic carbocycles. The zero-order valence-corrected chi connectivity index (χ0v) is 40.8. The summed E-state index contributed by atoms with van der Waals surface area (Å²) >= 11 is 49.1. The predicted molar refractivity (Wildman–Crippen MR) is 262 cm³/mol. The fourth-order valence-electron chi connectivity index (χ4n) is 5.95. The van der Waals surface area contributed by atoms with Gasteiger partial charge >= 0.3 is 0 Å². The van der Waals surface area contributed by atoms with Crippen molar-refractivity contribution in [1.82, 2.24) is 0 Å². The minimum absolute atomic E-state index is 0.0530. The van der Waals surface area contributed by atoms with E-state index in [9.17, 15) is 28.8 Å². The molecule has 0 heterocycles. The summed E-state index contributed by atoms with van der Waals surface area (Å²) in [4.78, 5) is 78.9. The Bertz CT molecular complexity index is 2670. The molecule has 0 saturated carbocycles. The molecule has 0 aromatic heterocycles. The Morgan fingerprint density at radius 2 is 0.788 bits per heavy atom. The summed E-state index contributed by atoms with van der Waals surface area (Å²) in [5.74, 6) is -4.16. The maximum Gasteiger partial charge on any atom is 0.258 e. The van der Waals surface area contributed by atoms with E-state index in [4.69, 9.17) is 92.8 Å². The molecule has 4 amide bonds. The van der Waals surface area contributed by atoms with Crippen LogP contribution in [0, 0.1) is 0 Å². The second-order valence-corrected chi connectivity index (χ2v) is 17.4. The summed E-state index contributed by atoms with van der Waals surface area (Å²) < 4.78 is 0. The average Bonchev–Trinajstić information content (AvgIpc) is 3.24. The van der Waals surface area contributed by atoms with Gasteiger partial charge in [-0.25, -0.2) is 0 Å². The van der Waals surface area contributed by atoms with Gasteiger partial charge in [0.2, 0.25) is 12.1 Å². The van der Waals surface area contributed by atoms with Crippen LogP contribution < -0.4 is 21.3 Å². The zero-order valence-electron chi connectivity index (χ0n) is 34.8. The number of rotatable bonds is 16. The molecule has 5 rings (SSSR count). The molecule has 5 aromatic rings. The maximum atomic E-state index is 13.6. The fraction of sp³-hybridized carbons (Fsp3) is 0.182. The number of nitrogens with zero attached hydrogens (tertiary/aromatic N) is 4. The summed E-state index contributed by atoms with van der Waals surface area (Å²) in [5, 5.41) is 28.0. The average molecular weight is 1050 g/mol. The molecular formula is C44H34Cl8N8O6. The predicted octanol–water partition coefficient (Wildman–Crippen LogP) is 13.9. The maximum absolute atomic E-state index is 13.6. The first-order valence-electron chi connectivity index (χ1n) is 19.3. The molecule has 0 fully saturated rings. The van der Waals surface area contributed by atoms with Crippen LogP contribution in [0.3, 0.4) is 0 Å². The van der Waals surface area contributed by atoms with Crippen LogP contribution in [0.25, 0.3) is 0 Å². The first-order chi connectivity index (χ1) is 31.2. The van der Waals surface area contributed by atoms with Gasteiger partial charge in [-0.3, -0.25) is 28.8 Å². The molecule has 14 nitrogen and oxygen atoms in total. The zero-order chi connectivity index (χ0) is 48.6. The van der Waals surface area contributed by atoms with E-state index in [-0.39, 0.29) is 74.1 Å². The molecule has 2 atom stereocenters. The first kappa shape index (κ1) is 51.8. The van der Waals surface area contributed by atoms with Crippen LogP contribution in [0.2, 0.25) is 40.2 Å². The van der Waals surface area contributed by atoms with Gasteiger partial charge in [-0.2, -0.15) is 20.5 Å². The number of amides is 4. The number of azo groups is 2. The van der Waals surface area contributed by atoms with Crippen molar-refractivity contribution in [3.05, 3.63) is 135 Å². The van der Waals surface area contributed by atoms with Crippen molar-refractivity contribution < 1.29 is 28.8 Å². The van der Waals surface area contributed by atoms with E-state index < -0.39 is 47.3 Å². The van der Waals surface area contributed by atoms with Crippen LogP contribution in [-0.4, -0.2) is 47.3 Å². The van der Waals surface area contributed by atoms with Gasteiger partial charge < -0.3 is 21.3 Å². The highest BCUT2D eigenvalue weighted by Crippen LogP contribution is 2.35. The molecule has 0 radical (unpaired) electrons. The molecule has 0 bridgehead atoms. The van der Waals surface area contributed by atoms with Crippen molar-refractivity contribution in [3.63, 3.8) is 0 Å². The molecule has 66 heavy (non-hydrogen) atoms. The van der Waals surface area contributed by atoms with Crippen molar-refractivity contribution in [2.24, 2.45) is 20.5 Å². The van der Waals surface area contributed by atoms with E-state index in [2.05, 4.69) is 41.7 Å². The lowest BCUT2D eigenvalue weighted by Gasteiger charge is -2.18. The van der Waals surface area contributed by atoms with E-state index >= 15 is 0 Å². The topological polar surface area (TPSA) is 200 Å². The molecule has 2 unspecified atom stereocenters. The highest BCUT2D eigenvalue weighted by atomic mass is 35.5. The Hall–Kier alpha value is -5.16. The summed E-state index contributed by atoms with van der Waals surface area (Å²) in [6.45, 7) is 5.94. The summed E-state index contributed by atoms with van der Waals surface area (Å²) in [5.41, 5.74) is 2.35. The highest BCUT2D eigenvalue weighted by Gasteiger charge is 2.27. The number of carbonyl (C=O) groups excluding carboxylic acids is 6. The van der Waals surface area contributed by atoms with Crippen molar-refractivity contribution >= 4 is 162 Å². The Balaban J connectivity index is 1.31. The third kappa shape index (κ3) is 13.5. The number of nitrogens with one attached hydrogen (secondary N) is 4. The molecule has 342 valence electrons. The number of benzene rings is 5. The molecular weight excluding hydrogens is 1020 g/mol. The Labute approximate surface area is 417 Å². The fourth-order valence-corrected chi connectivity index (χ4v) is 7.59. The van der Waals surface area contributed by atoms with Crippen molar-refractivity contribution in [2.75, 3.05) is 21.3 Å². The number of hydrogen-bond donors (Lipinski definition) is 4. The van der Waals surface area contributed by atoms with E-state index in [1.54, 1.807) is 26.0 Å². The van der Waals surface area contributed by atoms with Crippen LogP contribution in [0.5, 0.6) is 0 Å². The van der Waals surface area contributed by atoms with Crippen LogP contribution in [0.1, 0.15) is 59.5 Å². The van der Waals surface area contributed by atoms with Gasteiger partial charge in [-0.15, -0.1) is 0 Å². The Morgan fingerprint density at radius 1 is 0.439 bits per heavy atom. The molecule has 0 spiro atoms. The second-order valence-electron chi connectivity index (χ2n) is 14.1. The lowest BCUT2D eigenvalue weighted by atomic mass is 10.0. The molecule has 4 N–H and O–H groups in total. The number of hydrogen-bond acceptors (Lipinski definition) is 10. The van der Waals surface area contributed by atoms with E-state index in [1.807, 2.05) is 0 Å². The summed E-state index contributed by atoms with van der Waals surface area (Å²) in [6.07, 6.45) is 0.709. The molecule has 0 aliphatic rings. The third-order valence-electron chi connectivity index (χ3n) is 9.26. The van der Waals surface area contributed by atoms with E-state index in [0.29, 0.717) is 35.3 Å². The summed E-state index contributed by atoms with van der Waals surface area (Å²) in [6, 6.07) is 13.7. The van der Waals surface area contributed by atoms with Gasteiger partial charge in [-0.1, -0.05) is 107 Å². The number of ketones is 2. The van der Waals surface area contributed by atoms with E-state index in [0.717, 1.165) is 0 Å². The third-order valence-corrected chi connectivity index (χ3v) is 11.8. The van der Waals surface area contributed by atoms with Crippen molar-refractivity contribution in [2.45, 2.75) is 52.6 Å². The molecule has 22 heteroatoms.